The number of carbonyl (C=O) groups excluding carboxylic acids is 2. The second-order valence-corrected chi connectivity index (χ2v) is 5.66. The van der Waals surface area contributed by atoms with E-state index >= 15 is 0 Å². The minimum absolute atomic E-state index is 0.0674. The summed E-state index contributed by atoms with van der Waals surface area (Å²) in [5, 5.41) is 14.9. The van der Waals surface area contributed by atoms with Gasteiger partial charge in [-0.3, -0.25) is 0 Å². The summed E-state index contributed by atoms with van der Waals surface area (Å²) in [5.41, 5.74) is 1.40. The highest BCUT2D eigenvalue weighted by Gasteiger charge is 2.32. The quantitative estimate of drug-likeness (QED) is 0.744. The van der Waals surface area contributed by atoms with E-state index < -0.39 is 18.0 Å². The van der Waals surface area contributed by atoms with Crippen LogP contribution in [0.2, 0.25) is 0 Å². The standard InChI is InChI=1S/C16H20N2O4/c1-9(2)8-22-15(20)13-10(3)17-16(21)18-14(13)11-5-4-6-12(19)7-11/h4-7,9,14,19H,8H2,1-3H3,(H2,17,18,21)/t14-/m1/s1. The van der Waals surface area contributed by atoms with Crippen LogP contribution in [0, 0.1) is 5.92 Å². The molecule has 6 nitrogen and oxygen atoms in total. The Morgan fingerprint density at radius 1 is 1.41 bits per heavy atom. The maximum Gasteiger partial charge on any atom is 0.338 e. The largest absolute Gasteiger partial charge is 0.508 e. The fourth-order valence-electron chi connectivity index (χ4n) is 2.24. The fraction of sp³-hybridized carbons (Fsp3) is 0.375. The van der Waals surface area contributed by atoms with Crippen molar-refractivity contribution >= 4 is 12.0 Å². The van der Waals surface area contributed by atoms with E-state index in [1.807, 2.05) is 13.8 Å². The summed E-state index contributed by atoms with van der Waals surface area (Å²) in [5.74, 6) is -0.194. The highest BCUT2D eigenvalue weighted by molar-refractivity contribution is 5.95. The number of esters is 1. The molecule has 0 radical (unpaired) electrons. The van der Waals surface area contributed by atoms with E-state index in [1.165, 1.54) is 12.1 Å². The van der Waals surface area contributed by atoms with Gasteiger partial charge in [0.25, 0.3) is 0 Å². The van der Waals surface area contributed by atoms with Crippen LogP contribution in [0.5, 0.6) is 5.75 Å². The van der Waals surface area contributed by atoms with Crippen molar-refractivity contribution in [1.82, 2.24) is 10.6 Å². The van der Waals surface area contributed by atoms with Crippen molar-refractivity contribution in [2.24, 2.45) is 5.92 Å². The van der Waals surface area contributed by atoms with Crippen molar-refractivity contribution in [2.45, 2.75) is 26.8 Å². The number of hydrogen-bond acceptors (Lipinski definition) is 4. The molecule has 1 aromatic carbocycles. The molecule has 0 aliphatic carbocycles. The first kappa shape index (κ1) is 15.9. The first-order valence-corrected chi connectivity index (χ1v) is 7.12. The van der Waals surface area contributed by atoms with Gasteiger partial charge in [-0.25, -0.2) is 9.59 Å². The van der Waals surface area contributed by atoms with Gasteiger partial charge < -0.3 is 20.5 Å². The molecule has 1 heterocycles. The third-order valence-corrected chi connectivity index (χ3v) is 3.24. The molecule has 0 saturated carbocycles. The number of rotatable bonds is 4. The Bertz CT molecular complexity index is 622. The molecule has 1 atom stereocenters. The van der Waals surface area contributed by atoms with Gasteiger partial charge in [-0.15, -0.1) is 0 Å². The zero-order chi connectivity index (χ0) is 16.3. The Balaban J connectivity index is 2.34. The van der Waals surface area contributed by atoms with Crippen molar-refractivity contribution in [3.05, 3.63) is 41.1 Å². The summed E-state index contributed by atoms with van der Waals surface area (Å²) in [6, 6.07) is 5.38. The molecule has 2 amide bonds. The molecular formula is C16H20N2O4. The molecule has 0 spiro atoms. The van der Waals surface area contributed by atoms with Gasteiger partial charge in [0.2, 0.25) is 0 Å². The number of benzene rings is 1. The molecule has 2 rings (SSSR count). The van der Waals surface area contributed by atoms with Gasteiger partial charge in [0.05, 0.1) is 18.2 Å². The lowest BCUT2D eigenvalue weighted by molar-refractivity contribution is -0.140. The van der Waals surface area contributed by atoms with Crippen LogP contribution in [0.4, 0.5) is 4.79 Å². The first-order valence-electron chi connectivity index (χ1n) is 7.12. The van der Waals surface area contributed by atoms with Crippen molar-refractivity contribution in [3.8, 4) is 5.75 Å². The topological polar surface area (TPSA) is 87.7 Å². The third kappa shape index (κ3) is 3.58. The normalized spacial score (nSPS) is 18.0. The molecule has 1 aromatic rings. The number of allylic oxidation sites excluding steroid dienone is 1. The van der Waals surface area contributed by atoms with E-state index in [0.29, 0.717) is 23.4 Å². The minimum Gasteiger partial charge on any atom is -0.508 e. The number of carbonyl (C=O) groups is 2. The van der Waals surface area contributed by atoms with E-state index in [-0.39, 0.29) is 11.7 Å². The van der Waals surface area contributed by atoms with Crippen LogP contribution in [0.15, 0.2) is 35.5 Å². The maximum atomic E-state index is 12.4. The van der Waals surface area contributed by atoms with Gasteiger partial charge in [0.15, 0.2) is 0 Å². The highest BCUT2D eigenvalue weighted by atomic mass is 16.5. The summed E-state index contributed by atoms with van der Waals surface area (Å²) in [6.45, 7) is 5.85. The van der Waals surface area contributed by atoms with Crippen molar-refractivity contribution in [2.75, 3.05) is 6.61 Å². The Morgan fingerprint density at radius 3 is 2.77 bits per heavy atom. The van der Waals surface area contributed by atoms with E-state index in [0.717, 1.165) is 0 Å². The zero-order valence-electron chi connectivity index (χ0n) is 12.8. The van der Waals surface area contributed by atoms with E-state index in [2.05, 4.69) is 10.6 Å². The Kier molecular flexibility index (Phi) is 4.70. The smallest absolute Gasteiger partial charge is 0.338 e. The van der Waals surface area contributed by atoms with Crippen LogP contribution in [0.25, 0.3) is 0 Å². The summed E-state index contributed by atoms with van der Waals surface area (Å²) in [7, 11) is 0. The van der Waals surface area contributed by atoms with Crippen LogP contribution >= 0.6 is 0 Å². The zero-order valence-corrected chi connectivity index (χ0v) is 12.8. The van der Waals surface area contributed by atoms with Crippen LogP contribution in [0.1, 0.15) is 32.4 Å². The van der Waals surface area contributed by atoms with Gasteiger partial charge in [0.1, 0.15) is 5.75 Å². The van der Waals surface area contributed by atoms with Crippen molar-refractivity contribution < 1.29 is 19.4 Å². The number of hydrogen-bond donors (Lipinski definition) is 3. The van der Waals surface area contributed by atoms with Crippen LogP contribution in [-0.2, 0) is 9.53 Å². The summed E-state index contributed by atoms with van der Waals surface area (Å²) in [6.07, 6.45) is 0. The molecule has 0 saturated heterocycles. The number of phenols is 1. The van der Waals surface area contributed by atoms with Gasteiger partial charge in [-0.2, -0.15) is 0 Å². The van der Waals surface area contributed by atoms with Gasteiger partial charge in [-0.05, 0) is 30.5 Å². The predicted octanol–water partition coefficient (Wildman–Crippen LogP) is 2.22. The number of amides is 2. The second-order valence-electron chi connectivity index (χ2n) is 5.66. The Labute approximate surface area is 129 Å². The molecule has 1 aliphatic rings. The molecule has 22 heavy (non-hydrogen) atoms. The molecular weight excluding hydrogens is 284 g/mol. The minimum atomic E-state index is -0.652. The van der Waals surface area contributed by atoms with Crippen molar-refractivity contribution in [3.63, 3.8) is 0 Å². The van der Waals surface area contributed by atoms with Gasteiger partial charge in [-0.1, -0.05) is 26.0 Å². The molecule has 3 N–H and O–H groups in total. The first-order chi connectivity index (χ1) is 10.4. The lowest BCUT2D eigenvalue weighted by Crippen LogP contribution is -2.45. The van der Waals surface area contributed by atoms with E-state index in [4.69, 9.17) is 4.74 Å². The lowest BCUT2D eigenvalue weighted by atomic mass is 9.95. The molecule has 0 unspecified atom stereocenters. The average molecular weight is 304 g/mol. The number of urea groups is 1. The van der Waals surface area contributed by atoms with Crippen LogP contribution in [-0.4, -0.2) is 23.7 Å². The summed E-state index contributed by atoms with van der Waals surface area (Å²) >= 11 is 0. The van der Waals surface area contributed by atoms with Gasteiger partial charge >= 0.3 is 12.0 Å². The maximum absolute atomic E-state index is 12.4. The SMILES string of the molecule is CC1=C(C(=O)OCC(C)C)[C@@H](c2cccc(O)c2)NC(=O)N1. The predicted molar refractivity (Wildman–Crippen MR) is 81.0 cm³/mol. The molecule has 0 aromatic heterocycles. The third-order valence-electron chi connectivity index (χ3n) is 3.24. The second kappa shape index (κ2) is 6.51. The van der Waals surface area contributed by atoms with Crippen molar-refractivity contribution in [1.29, 1.82) is 0 Å². The highest BCUT2D eigenvalue weighted by Crippen LogP contribution is 2.29. The monoisotopic (exact) mass is 304 g/mol. The number of ether oxygens (including phenoxy) is 1. The summed E-state index contributed by atoms with van der Waals surface area (Å²) in [4.78, 5) is 24.1. The number of aromatic hydroxyl groups is 1. The fourth-order valence-corrected chi connectivity index (χ4v) is 2.24. The summed E-state index contributed by atoms with van der Waals surface area (Å²) < 4.78 is 5.28. The average Bonchev–Trinajstić information content (AvgIpc) is 2.44. The molecule has 118 valence electrons. The Hall–Kier alpha value is -2.50. The molecule has 0 bridgehead atoms. The molecule has 6 heteroatoms. The number of nitrogens with one attached hydrogen (secondary N) is 2. The molecule has 1 aliphatic heterocycles. The van der Waals surface area contributed by atoms with Gasteiger partial charge in [0, 0.05) is 5.70 Å². The van der Waals surface area contributed by atoms with E-state index in [1.54, 1.807) is 19.1 Å². The Morgan fingerprint density at radius 2 is 2.14 bits per heavy atom. The molecule has 0 fully saturated rings. The van der Waals surface area contributed by atoms with E-state index in [9.17, 15) is 14.7 Å². The van der Waals surface area contributed by atoms with Crippen LogP contribution in [0.3, 0.4) is 0 Å². The van der Waals surface area contributed by atoms with Crippen LogP contribution < -0.4 is 10.6 Å². The number of phenolic OH excluding ortho intramolecular Hbond substituents is 1. The lowest BCUT2D eigenvalue weighted by Gasteiger charge is -2.28.